The molecule has 2 aliphatic heterocycles. The minimum atomic E-state index is -5.66. The Balaban J connectivity index is 1.59. The lowest BCUT2D eigenvalue weighted by Crippen LogP contribution is -2.47. The Morgan fingerprint density at radius 1 is 1.18 bits per heavy atom. The lowest BCUT2D eigenvalue weighted by Gasteiger charge is -2.39. The van der Waals surface area contributed by atoms with Crippen LogP contribution in [0.1, 0.15) is 19.6 Å². The molecular formula is C15H23N3O14P2-2. The molecule has 6 N–H and O–H groups in total. The van der Waals surface area contributed by atoms with Crippen molar-refractivity contribution in [3.63, 3.8) is 0 Å². The van der Waals surface area contributed by atoms with Gasteiger partial charge in [0.1, 0.15) is 30.2 Å². The number of aliphatic hydroxyl groups excluding tert-OH is 4. The highest BCUT2D eigenvalue weighted by Gasteiger charge is 2.45. The van der Waals surface area contributed by atoms with E-state index in [1.807, 2.05) is 0 Å². The Morgan fingerprint density at radius 2 is 1.85 bits per heavy atom. The number of aromatic nitrogens is 2. The highest BCUT2D eigenvalue weighted by molar-refractivity contribution is 7.59. The Kier molecular flexibility index (Phi) is 8.32. The predicted molar refractivity (Wildman–Crippen MR) is 103 cm³/mol. The number of nitrogens with two attached hydrogens (primary N) is 1. The highest BCUT2D eigenvalue weighted by Crippen LogP contribution is 2.57. The van der Waals surface area contributed by atoms with Crippen LogP contribution >= 0.6 is 15.6 Å². The van der Waals surface area contributed by atoms with Crippen LogP contribution in [-0.4, -0.2) is 79.5 Å². The molecule has 0 aliphatic carbocycles. The maximum Gasteiger partial charge on any atom is 0.351 e. The fourth-order valence-electron chi connectivity index (χ4n) is 3.21. The van der Waals surface area contributed by atoms with Crippen molar-refractivity contribution in [3.8, 4) is 0 Å². The minimum Gasteiger partial charge on any atom is -0.756 e. The predicted octanol–water partition coefficient (Wildman–Crippen LogP) is -3.71. The lowest BCUT2D eigenvalue weighted by molar-refractivity contribution is -0.281. The van der Waals surface area contributed by atoms with Gasteiger partial charge in [0.2, 0.25) is 0 Å². The van der Waals surface area contributed by atoms with E-state index in [4.69, 9.17) is 15.2 Å². The summed E-state index contributed by atoms with van der Waals surface area (Å²) in [4.78, 5) is 39.3. The van der Waals surface area contributed by atoms with Gasteiger partial charge in [0, 0.05) is 12.6 Å². The molecule has 2 saturated heterocycles. The van der Waals surface area contributed by atoms with Crippen molar-refractivity contribution >= 4 is 21.5 Å². The zero-order valence-electron chi connectivity index (χ0n) is 17.4. The quantitative estimate of drug-likeness (QED) is 0.202. The summed E-state index contributed by atoms with van der Waals surface area (Å²) in [5.41, 5.74) is 4.45. The standard InChI is InChI=1S/C15H25N3O14P2/c1-6-7(19)4-8(20)14(29-6)31-34(26,27)32-33(24,25)28-5-9-11(21)12(22)13(30-9)18-3-2-10(16)17-15(18)23/h2-3,6-9,11-14,19-22H,4-5H2,1H3,(H,24,25)(H,26,27)(H2,16,17,23)/p-2/t6-,7-,8-,9-,11-,12-,13-,14-/m1/s1. The second-order valence-electron chi connectivity index (χ2n) is 7.55. The van der Waals surface area contributed by atoms with E-state index in [1.54, 1.807) is 0 Å². The van der Waals surface area contributed by atoms with Crippen LogP contribution in [0.2, 0.25) is 0 Å². The summed E-state index contributed by atoms with van der Waals surface area (Å²) in [6, 6.07) is 1.22. The SMILES string of the molecule is C[C@H]1O[C@H](OP(=O)([O-])OP(=O)([O-])OC[C@H]2O[C@@H](n3ccc(N)nc3=O)[C@H](O)[C@@H]2O)[C@H](O)C[C@H]1O. The summed E-state index contributed by atoms with van der Waals surface area (Å²) < 4.78 is 47.7. The molecule has 0 aromatic carbocycles. The molecule has 10 atom stereocenters. The molecule has 0 radical (unpaired) electrons. The smallest absolute Gasteiger partial charge is 0.351 e. The van der Waals surface area contributed by atoms with Crippen LogP contribution in [0.3, 0.4) is 0 Å². The maximum atomic E-state index is 12.0. The molecule has 34 heavy (non-hydrogen) atoms. The van der Waals surface area contributed by atoms with Crippen LogP contribution in [0.15, 0.2) is 17.1 Å². The first-order chi connectivity index (χ1) is 15.7. The molecule has 1 aromatic heterocycles. The van der Waals surface area contributed by atoms with E-state index in [9.17, 15) is 44.1 Å². The third-order valence-electron chi connectivity index (χ3n) is 4.98. The van der Waals surface area contributed by atoms with Crippen molar-refractivity contribution in [1.82, 2.24) is 9.55 Å². The molecule has 19 heteroatoms. The molecular weight excluding hydrogens is 508 g/mol. The molecule has 1 aromatic rings. The summed E-state index contributed by atoms with van der Waals surface area (Å²) in [5.74, 6) is -0.111. The number of anilines is 1. The molecule has 0 spiro atoms. The number of ether oxygens (including phenoxy) is 2. The van der Waals surface area contributed by atoms with Gasteiger partial charge in [0.05, 0.1) is 18.8 Å². The van der Waals surface area contributed by atoms with Crippen LogP contribution in [-0.2, 0) is 32.0 Å². The van der Waals surface area contributed by atoms with Gasteiger partial charge >= 0.3 is 5.69 Å². The molecule has 194 valence electrons. The number of aliphatic hydroxyl groups is 4. The van der Waals surface area contributed by atoms with E-state index in [2.05, 4.69) is 18.3 Å². The average molecular weight is 531 g/mol. The summed E-state index contributed by atoms with van der Waals surface area (Å²) >= 11 is 0. The Labute approximate surface area is 191 Å². The zero-order valence-corrected chi connectivity index (χ0v) is 19.2. The largest absolute Gasteiger partial charge is 0.756 e. The maximum absolute atomic E-state index is 12.0. The highest BCUT2D eigenvalue weighted by atomic mass is 31.3. The molecule has 3 heterocycles. The number of rotatable bonds is 8. The van der Waals surface area contributed by atoms with Crippen molar-refractivity contribution in [2.45, 2.75) is 62.5 Å². The van der Waals surface area contributed by atoms with Crippen molar-refractivity contribution in [3.05, 3.63) is 22.7 Å². The molecule has 0 amide bonds. The molecule has 0 bridgehead atoms. The van der Waals surface area contributed by atoms with Gasteiger partial charge in [-0.2, -0.15) is 4.98 Å². The van der Waals surface area contributed by atoms with Crippen molar-refractivity contribution in [2.24, 2.45) is 0 Å². The van der Waals surface area contributed by atoms with E-state index in [-0.39, 0.29) is 12.2 Å². The molecule has 3 rings (SSSR count). The topological polar surface area (TPSA) is 268 Å². The molecule has 2 unspecified atom stereocenters. The van der Waals surface area contributed by atoms with Gasteiger partial charge in [-0.25, -0.2) is 9.11 Å². The second-order valence-corrected chi connectivity index (χ2v) is 10.5. The monoisotopic (exact) mass is 531 g/mol. The van der Waals surface area contributed by atoms with Crippen molar-refractivity contribution < 1.29 is 62.2 Å². The Bertz CT molecular complexity index is 1020. The van der Waals surface area contributed by atoms with Gasteiger partial charge in [-0.1, -0.05) is 0 Å². The van der Waals surface area contributed by atoms with Crippen LogP contribution in [0.25, 0.3) is 0 Å². The summed E-state index contributed by atoms with van der Waals surface area (Å²) in [6.45, 7) is 0.354. The van der Waals surface area contributed by atoms with Crippen molar-refractivity contribution in [2.75, 3.05) is 12.3 Å². The van der Waals surface area contributed by atoms with Gasteiger partial charge in [0.25, 0.3) is 15.6 Å². The van der Waals surface area contributed by atoms with Gasteiger partial charge < -0.3 is 49.9 Å². The number of nitrogen functional groups attached to an aromatic ring is 1. The fraction of sp³-hybridized carbons (Fsp3) is 0.733. The average Bonchev–Trinajstić information content (AvgIpc) is 2.98. The van der Waals surface area contributed by atoms with Crippen LogP contribution in [0, 0.1) is 0 Å². The normalized spacial score (nSPS) is 37.7. The molecule has 2 fully saturated rings. The van der Waals surface area contributed by atoms with Gasteiger partial charge in [-0.15, -0.1) is 0 Å². The van der Waals surface area contributed by atoms with Crippen molar-refractivity contribution in [1.29, 1.82) is 0 Å². The fourth-order valence-corrected chi connectivity index (χ4v) is 5.31. The molecule has 2 aliphatic rings. The summed E-state index contributed by atoms with van der Waals surface area (Å²) in [7, 11) is -11.3. The van der Waals surface area contributed by atoms with E-state index in [0.29, 0.717) is 0 Å². The summed E-state index contributed by atoms with van der Waals surface area (Å²) in [6.07, 6.45) is -11.1. The van der Waals surface area contributed by atoms with E-state index in [1.165, 1.54) is 13.0 Å². The molecule has 0 saturated carbocycles. The Hall–Kier alpha value is -1.30. The first kappa shape index (κ1) is 27.3. The third kappa shape index (κ3) is 6.47. The van der Waals surface area contributed by atoms with Gasteiger partial charge in [0.15, 0.2) is 12.5 Å². The number of phosphoric acid groups is 2. The number of hydrogen-bond acceptors (Lipinski definition) is 16. The third-order valence-corrected chi connectivity index (χ3v) is 7.51. The first-order valence-electron chi connectivity index (χ1n) is 9.73. The molecule has 17 nitrogen and oxygen atoms in total. The van der Waals surface area contributed by atoms with Crippen LogP contribution in [0.5, 0.6) is 0 Å². The zero-order chi connectivity index (χ0) is 25.4. The van der Waals surface area contributed by atoms with Crippen LogP contribution in [0.4, 0.5) is 5.82 Å². The Morgan fingerprint density at radius 3 is 2.50 bits per heavy atom. The van der Waals surface area contributed by atoms with E-state index < -0.39 is 77.1 Å². The van der Waals surface area contributed by atoms with Gasteiger partial charge in [-0.3, -0.25) is 18.2 Å². The second kappa shape index (κ2) is 10.4. The number of hydrogen-bond donors (Lipinski definition) is 5. The van der Waals surface area contributed by atoms with E-state index >= 15 is 0 Å². The van der Waals surface area contributed by atoms with Gasteiger partial charge in [-0.05, 0) is 13.0 Å². The summed E-state index contributed by atoms with van der Waals surface area (Å²) in [5, 5.41) is 39.6. The number of nitrogens with zero attached hydrogens (tertiary/aromatic N) is 2. The van der Waals surface area contributed by atoms with E-state index in [0.717, 1.165) is 10.8 Å². The minimum absolute atomic E-state index is 0.111. The lowest BCUT2D eigenvalue weighted by atomic mass is 10.0. The number of phosphoric ester groups is 2. The van der Waals surface area contributed by atoms with Crippen LogP contribution < -0.4 is 21.2 Å². The first-order valence-corrected chi connectivity index (χ1v) is 12.7.